The van der Waals surface area contributed by atoms with Crippen molar-refractivity contribution in [1.82, 2.24) is 9.97 Å². The van der Waals surface area contributed by atoms with Gasteiger partial charge in [-0.1, -0.05) is 47.5 Å². The van der Waals surface area contributed by atoms with Gasteiger partial charge in [0.25, 0.3) is 0 Å². The molecule has 0 aliphatic rings. The van der Waals surface area contributed by atoms with Crippen molar-refractivity contribution in [2.24, 2.45) is 0 Å². The zero-order valence-electron chi connectivity index (χ0n) is 13.1. The van der Waals surface area contributed by atoms with Gasteiger partial charge in [-0.15, -0.1) is 11.3 Å². The molecule has 0 fully saturated rings. The first-order valence-corrected chi connectivity index (χ1v) is 9.22. The van der Waals surface area contributed by atoms with Gasteiger partial charge in [-0.05, 0) is 30.3 Å². The second-order valence-corrected chi connectivity index (χ2v) is 7.10. The molecule has 0 atom stereocenters. The summed E-state index contributed by atoms with van der Waals surface area (Å²) >= 11 is 13.7. The number of nitrogens with zero attached hydrogens (tertiary/aromatic N) is 2. The Morgan fingerprint density at radius 2 is 1.85 bits per heavy atom. The zero-order chi connectivity index (χ0) is 18.1. The first kappa shape index (κ1) is 17.0. The minimum Gasteiger partial charge on any atom is -0.402 e. The number of halogens is 2. The van der Waals surface area contributed by atoms with Gasteiger partial charge < -0.3 is 4.42 Å². The molecule has 0 saturated heterocycles. The predicted octanol–water partition coefficient (Wildman–Crippen LogP) is 5.70. The molecule has 0 N–H and O–H groups in total. The van der Waals surface area contributed by atoms with Crippen LogP contribution < -0.4 is 5.63 Å². The lowest BCUT2D eigenvalue weighted by atomic mass is 10.2. The highest BCUT2D eigenvalue weighted by Gasteiger charge is 2.10. The van der Waals surface area contributed by atoms with E-state index in [9.17, 15) is 4.79 Å². The van der Waals surface area contributed by atoms with Gasteiger partial charge in [-0.25, -0.2) is 14.8 Å². The molecule has 4 nitrogen and oxygen atoms in total. The first-order valence-electron chi connectivity index (χ1n) is 7.59. The number of fused-ring (bicyclic) bond motifs is 1. The number of rotatable bonds is 3. The first-order chi connectivity index (χ1) is 12.6. The Kier molecular flexibility index (Phi) is 4.59. The van der Waals surface area contributed by atoms with E-state index in [0.717, 1.165) is 10.6 Å². The highest BCUT2D eigenvalue weighted by atomic mass is 35.5. The minimum atomic E-state index is -0.475. The SMILES string of the molecule is O=c1oc(/C(Cl)=C/c2csc(-c3ccc(Cl)cc3)n2)nc2ccccc12. The van der Waals surface area contributed by atoms with E-state index in [0.29, 0.717) is 21.6 Å². The van der Waals surface area contributed by atoms with Gasteiger partial charge in [0.05, 0.1) is 16.6 Å². The largest absolute Gasteiger partial charge is 0.402 e. The average molecular weight is 401 g/mol. The number of hydrogen-bond donors (Lipinski definition) is 0. The molecule has 0 saturated carbocycles. The lowest BCUT2D eigenvalue weighted by Gasteiger charge is -1.99. The van der Waals surface area contributed by atoms with Crippen LogP contribution in [-0.4, -0.2) is 9.97 Å². The Morgan fingerprint density at radius 3 is 2.65 bits per heavy atom. The molecule has 4 aromatic rings. The Hall–Kier alpha value is -2.47. The van der Waals surface area contributed by atoms with Crippen LogP contribution >= 0.6 is 34.5 Å². The fraction of sp³-hybridized carbons (Fsp3) is 0. The van der Waals surface area contributed by atoms with Crippen molar-refractivity contribution in [2.75, 3.05) is 0 Å². The van der Waals surface area contributed by atoms with Crippen LogP contribution in [0.3, 0.4) is 0 Å². The molecule has 128 valence electrons. The molecule has 7 heteroatoms. The molecular formula is C19H10Cl2N2O2S. The molecule has 0 aliphatic carbocycles. The van der Waals surface area contributed by atoms with E-state index >= 15 is 0 Å². The Morgan fingerprint density at radius 1 is 1.08 bits per heavy atom. The summed E-state index contributed by atoms with van der Waals surface area (Å²) in [4.78, 5) is 20.9. The molecule has 2 aromatic heterocycles. The summed E-state index contributed by atoms with van der Waals surface area (Å²) in [6.07, 6.45) is 1.62. The van der Waals surface area contributed by atoms with E-state index in [2.05, 4.69) is 9.97 Å². The zero-order valence-corrected chi connectivity index (χ0v) is 15.5. The molecule has 0 spiro atoms. The maximum absolute atomic E-state index is 12.1. The van der Waals surface area contributed by atoms with Crippen molar-refractivity contribution in [3.8, 4) is 10.6 Å². The summed E-state index contributed by atoms with van der Waals surface area (Å²) in [7, 11) is 0. The second-order valence-electron chi connectivity index (χ2n) is 5.40. The molecule has 26 heavy (non-hydrogen) atoms. The van der Waals surface area contributed by atoms with E-state index < -0.39 is 5.63 Å². The maximum atomic E-state index is 12.1. The Labute approximate surface area is 162 Å². The molecule has 4 rings (SSSR count). The van der Waals surface area contributed by atoms with Crippen LogP contribution in [0.1, 0.15) is 11.6 Å². The van der Waals surface area contributed by atoms with E-state index in [-0.39, 0.29) is 10.9 Å². The molecule has 2 aromatic carbocycles. The summed E-state index contributed by atoms with van der Waals surface area (Å²) in [6, 6.07) is 14.4. The topological polar surface area (TPSA) is 56.0 Å². The molecule has 0 aliphatic heterocycles. The fourth-order valence-corrected chi connectivity index (χ4v) is 3.49. The quantitative estimate of drug-likeness (QED) is 0.442. The summed E-state index contributed by atoms with van der Waals surface area (Å²) in [5.41, 5.74) is 1.68. The molecule has 0 radical (unpaired) electrons. The molecule has 0 unspecified atom stereocenters. The van der Waals surface area contributed by atoms with Crippen molar-refractivity contribution in [2.45, 2.75) is 0 Å². The summed E-state index contributed by atoms with van der Waals surface area (Å²) in [6.45, 7) is 0. The Bertz CT molecular complexity index is 1180. The predicted molar refractivity (Wildman–Crippen MR) is 107 cm³/mol. The number of para-hydroxylation sites is 1. The van der Waals surface area contributed by atoms with E-state index in [1.807, 2.05) is 29.6 Å². The summed E-state index contributed by atoms with van der Waals surface area (Å²) in [5, 5.41) is 4.00. The van der Waals surface area contributed by atoms with Crippen LogP contribution in [0.4, 0.5) is 0 Å². The van der Waals surface area contributed by atoms with Gasteiger partial charge in [0, 0.05) is 16.0 Å². The molecule has 0 amide bonds. The smallest absolute Gasteiger partial charge is 0.347 e. The van der Waals surface area contributed by atoms with Crippen LogP contribution in [0.2, 0.25) is 5.02 Å². The van der Waals surface area contributed by atoms with Crippen LogP contribution in [0.25, 0.3) is 32.6 Å². The average Bonchev–Trinajstić information content (AvgIpc) is 3.10. The second kappa shape index (κ2) is 7.03. The monoisotopic (exact) mass is 400 g/mol. The third kappa shape index (κ3) is 3.42. The van der Waals surface area contributed by atoms with Gasteiger partial charge in [-0.3, -0.25) is 0 Å². The van der Waals surface area contributed by atoms with Gasteiger partial charge in [-0.2, -0.15) is 0 Å². The highest BCUT2D eigenvalue weighted by Crippen LogP contribution is 2.28. The standard InChI is InChI=1S/C19H10Cl2N2O2S/c20-12-7-5-11(6-8-12)18-22-13(10-26-18)9-15(21)17-23-16-4-2-1-3-14(16)19(24)25-17/h1-10H/b15-9-. The van der Waals surface area contributed by atoms with Crippen LogP contribution in [0.15, 0.2) is 63.1 Å². The third-order valence-electron chi connectivity index (χ3n) is 3.63. The normalized spacial score (nSPS) is 11.8. The number of benzene rings is 2. The van der Waals surface area contributed by atoms with Gasteiger partial charge >= 0.3 is 5.63 Å². The van der Waals surface area contributed by atoms with Crippen molar-refractivity contribution in [1.29, 1.82) is 0 Å². The van der Waals surface area contributed by atoms with Crippen molar-refractivity contribution in [3.05, 3.63) is 80.9 Å². The van der Waals surface area contributed by atoms with Crippen molar-refractivity contribution in [3.63, 3.8) is 0 Å². The van der Waals surface area contributed by atoms with Crippen LogP contribution in [0, 0.1) is 0 Å². The molecule has 0 bridgehead atoms. The summed E-state index contributed by atoms with van der Waals surface area (Å²) < 4.78 is 5.22. The Balaban J connectivity index is 1.68. The number of thiazole rings is 1. The maximum Gasteiger partial charge on any atom is 0.347 e. The number of aromatic nitrogens is 2. The fourth-order valence-electron chi connectivity index (χ4n) is 2.39. The van der Waals surface area contributed by atoms with Gasteiger partial charge in [0.1, 0.15) is 10.0 Å². The third-order valence-corrected chi connectivity index (χ3v) is 5.06. The molecular weight excluding hydrogens is 391 g/mol. The van der Waals surface area contributed by atoms with Crippen molar-refractivity contribution < 1.29 is 4.42 Å². The highest BCUT2D eigenvalue weighted by molar-refractivity contribution is 7.13. The van der Waals surface area contributed by atoms with E-state index in [4.69, 9.17) is 27.6 Å². The van der Waals surface area contributed by atoms with Crippen LogP contribution in [0.5, 0.6) is 0 Å². The lowest BCUT2D eigenvalue weighted by molar-refractivity contribution is 0.489. The molecule has 2 heterocycles. The van der Waals surface area contributed by atoms with E-state index in [1.165, 1.54) is 11.3 Å². The van der Waals surface area contributed by atoms with Crippen LogP contribution in [-0.2, 0) is 0 Å². The lowest BCUT2D eigenvalue weighted by Crippen LogP contribution is -2.03. The van der Waals surface area contributed by atoms with E-state index in [1.54, 1.807) is 30.3 Å². The minimum absolute atomic E-state index is 0.0661. The van der Waals surface area contributed by atoms with Gasteiger partial charge in [0.15, 0.2) is 0 Å². The number of hydrogen-bond acceptors (Lipinski definition) is 5. The van der Waals surface area contributed by atoms with Crippen molar-refractivity contribution >= 4 is 56.5 Å². The van der Waals surface area contributed by atoms with Gasteiger partial charge in [0.2, 0.25) is 5.89 Å². The summed E-state index contributed by atoms with van der Waals surface area (Å²) in [5.74, 6) is 0.0661.